The fraction of sp³-hybridized carbons (Fsp3) is 0.357. The molecule has 1 unspecified atom stereocenters. The lowest BCUT2D eigenvalue weighted by molar-refractivity contribution is -0.384. The number of rotatable bonds is 7. The van der Waals surface area contributed by atoms with E-state index in [1.807, 2.05) is 4.90 Å². The second-order valence-corrected chi connectivity index (χ2v) is 9.82. The van der Waals surface area contributed by atoms with Gasteiger partial charge in [0.2, 0.25) is 5.78 Å². The molecule has 1 aliphatic rings. The molecule has 11 heteroatoms. The van der Waals surface area contributed by atoms with Crippen LogP contribution in [0, 0.1) is 29.9 Å². The van der Waals surface area contributed by atoms with Gasteiger partial charge in [-0.1, -0.05) is 13.0 Å². The molecule has 1 fully saturated rings. The standard InChI is InChI=1S/C28H28F3N3O5/c1-17-6-5-11-32(15-17)24-10-9-20(13-25(24)34(37)38)27(36)39-16-26(35)23-12-18(2)33(19(23)3)22-8-4-7-21(14-22)28(29,30)31/h4,7-10,12-14,17H,5-6,11,15-16H2,1-3H3. The van der Waals surface area contributed by atoms with Crippen molar-refractivity contribution in [3.8, 4) is 5.69 Å². The third-order valence-corrected chi connectivity index (χ3v) is 6.90. The number of benzene rings is 2. The fourth-order valence-corrected chi connectivity index (χ4v) is 5.03. The van der Waals surface area contributed by atoms with Gasteiger partial charge in [0.25, 0.3) is 5.69 Å². The highest BCUT2D eigenvalue weighted by Gasteiger charge is 2.31. The first kappa shape index (κ1) is 27.9. The van der Waals surface area contributed by atoms with Crippen LogP contribution < -0.4 is 4.90 Å². The number of hydrogen-bond acceptors (Lipinski definition) is 6. The summed E-state index contributed by atoms with van der Waals surface area (Å²) in [4.78, 5) is 38.7. The van der Waals surface area contributed by atoms with Crippen molar-refractivity contribution >= 4 is 23.1 Å². The second kappa shape index (κ2) is 10.9. The van der Waals surface area contributed by atoms with E-state index in [0.29, 0.717) is 36.1 Å². The Morgan fingerprint density at radius 1 is 1.13 bits per heavy atom. The number of aryl methyl sites for hydroxylation is 1. The minimum atomic E-state index is -4.52. The number of halogens is 3. The van der Waals surface area contributed by atoms with Crippen LogP contribution in [0.15, 0.2) is 48.5 Å². The molecule has 0 N–H and O–H groups in total. The maximum absolute atomic E-state index is 13.2. The first-order valence-electron chi connectivity index (χ1n) is 12.5. The van der Waals surface area contributed by atoms with Crippen molar-refractivity contribution in [3.63, 3.8) is 0 Å². The van der Waals surface area contributed by atoms with E-state index in [0.717, 1.165) is 31.0 Å². The van der Waals surface area contributed by atoms with E-state index < -0.39 is 35.0 Å². The topological polar surface area (TPSA) is 94.7 Å². The molecule has 2 aromatic carbocycles. The maximum atomic E-state index is 13.2. The van der Waals surface area contributed by atoms with Crippen molar-refractivity contribution in [1.29, 1.82) is 0 Å². The van der Waals surface area contributed by atoms with Crippen LogP contribution in [-0.2, 0) is 10.9 Å². The lowest BCUT2D eigenvalue weighted by Crippen LogP contribution is -2.34. The summed E-state index contributed by atoms with van der Waals surface area (Å²) in [5, 5.41) is 11.7. The van der Waals surface area contributed by atoms with Crippen LogP contribution in [-0.4, -0.2) is 40.9 Å². The van der Waals surface area contributed by atoms with E-state index in [9.17, 15) is 32.9 Å². The zero-order valence-electron chi connectivity index (χ0n) is 21.7. The van der Waals surface area contributed by atoms with Gasteiger partial charge in [0.1, 0.15) is 5.69 Å². The predicted molar refractivity (Wildman–Crippen MR) is 139 cm³/mol. The summed E-state index contributed by atoms with van der Waals surface area (Å²) in [6.45, 7) is 6.05. The Kier molecular flexibility index (Phi) is 7.80. The van der Waals surface area contributed by atoms with E-state index in [4.69, 9.17) is 4.74 Å². The molecule has 206 valence electrons. The highest BCUT2D eigenvalue weighted by Crippen LogP contribution is 2.33. The summed E-state index contributed by atoms with van der Waals surface area (Å²) in [6.07, 6.45) is -2.55. The zero-order chi connectivity index (χ0) is 28.5. The van der Waals surface area contributed by atoms with Crippen molar-refractivity contribution < 1.29 is 32.4 Å². The van der Waals surface area contributed by atoms with E-state index in [1.165, 1.54) is 34.9 Å². The number of nitro benzene ring substituents is 1. The molecule has 0 radical (unpaired) electrons. The van der Waals surface area contributed by atoms with E-state index >= 15 is 0 Å². The Morgan fingerprint density at radius 3 is 2.54 bits per heavy atom. The molecule has 8 nitrogen and oxygen atoms in total. The minimum absolute atomic E-state index is 0.0576. The molecule has 1 aromatic heterocycles. The summed E-state index contributed by atoms with van der Waals surface area (Å²) >= 11 is 0. The number of aromatic nitrogens is 1. The molecule has 0 amide bonds. The normalized spacial score (nSPS) is 15.7. The molecule has 3 aromatic rings. The zero-order valence-corrected chi connectivity index (χ0v) is 21.7. The number of anilines is 1. The average molecular weight is 544 g/mol. The van der Waals surface area contributed by atoms with Crippen LogP contribution in [0.5, 0.6) is 0 Å². The van der Waals surface area contributed by atoms with Crippen LogP contribution in [0.2, 0.25) is 0 Å². The van der Waals surface area contributed by atoms with Gasteiger partial charge in [0, 0.05) is 41.8 Å². The first-order chi connectivity index (χ1) is 18.4. The van der Waals surface area contributed by atoms with Crippen molar-refractivity contribution in [3.05, 3.63) is 86.7 Å². The number of ether oxygens (including phenoxy) is 1. The molecular formula is C28H28F3N3O5. The monoisotopic (exact) mass is 543 g/mol. The van der Waals surface area contributed by atoms with Crippen LogP contribution in [0.3, 0.4) is 0 Å². The van der Waals surface area contributed by atoms with Crippen LogP contribution in [0.4, 0.5) is 24.5 Å². The third kappa shape index (κ3) is 5.97. The molecule has 0 spiro atoms. The Morgan fingerprint density at radius 2 is 1.87 bits per heavy atom. The van der Waals surface area contributed by atoms with Gasteiger partial charge in [-0.05, 0) is 69.0 Å². The second-order valence-electron chi connectivity index (χ2n) is 9.82. The number of nitrogens with zero attached hydrogens (tertiary/aromatic N) is 3. The lowest BCUT2D eigenvalue weighted by Gasteiger charge is -2.32. The van der Waals surface area contributed by atoms with Gasteiger partial charge in [0.05, 0.1) is 16.1 Å². The van der Waals surface area contributed by atoms with Crippen LogP contribution in [0.1, 0.15) is 57.4 Å². The minimum Gasteiger partial charge on any atom is -0.454 e. The number of piperidine rings is 1. The van der Waals surface area contributed by atoms with E-state index in [2.05, 4.69) is 6.92 Å². The fourth-order valence-electron chi connectivity index (χ4n) is 5.03. The van der Waals surface area contributed by atoms with Gasteiger partial charge in [-0.3, -0.25) is 14.9 Å². The number of nitro groups is 1. The van der Waals surface area contributed by atoms with Crippen LogP contribution >= 0.6 is 0 Å². The Hall–Kier alpha value is -4.15. The van der Waals surface area contributed by atoms with Gasteiger partial charge < -0.3 is 14.2 Å². The first-order valence-corrected chi connectivity index (χ1v) is 12.5. The average Bonchev–Trinajstić information content (AvgIpc) is 3.19. The van der Waals surface area contributed by atoms with Crippen LogP contribution in [0.25, 0.3) is 5.69 Å². The number of alkyl halides is 3. The molecule has 4 rings (SSSR count). The molecule has 1 aliphatic heterocycles. The molecule has 39 heavy (non-hydrogen) atoms. The van der Waals surface area contributed by atoms with Crippen molar-refractivity contribution in [2.45, 2.75) is 39.8 Å². The van der Waals surface area contributed by atoms with Crippen molar-refractivity contribution in [2.24, 2.45) is 5.92 Å². The number of ketones is 1. The summed E-state index contributed by atoms with van der Waals surface area (Å²) in [5.74, 6) is -1.05. The van der Waals surface area contributed by atoms with E-state index in [-0.39, 0.29) is 22.5 Å². The summed E-state index contributed by atoms with van der Waals surface area (Å²) in [6, 6.07) is 10.4. The summed E-state index contributed by atoms with van der Waals surface area (Å²) < 4.78 is 46.2. The largest absolute Gasteiger partial charge is 0.454 e. The molecule has 0 aliphatic carbocycles. The molecule has 1 atom stereocenters. The Labute approximate surface area is 223 Å². The predicted octanol–water partition coefficient (Wildman–Crippen LogP) is 6.30. The quantitative estimate of drug-likeness (QED) is 0.150. The molecular weight excluding hydrogens is 515 g/mol. The summed E-state index contributed by atoms with van der Waals surface area (Å²) in [5.41, 5.74) is 0.700. The Balaban J connectivity index is 1.50. The lowest BCUT2D eigenvalue weighted by atomic mass is 9.99. The van der Waals surface area contributed by atoms with Gasteiger partial charge in [0.15, 0.2) is 6.61 Å². The number of hydrogen-bond donors (Lipinski definition) is 0. The highest BCUT2D eigenvalue weighted by molar-refractivity contribution is 6.00. The van der Waals surface area contributed by atoms with Crippen molar-refractivity contribution in [2.75, 3.05) is 24.6 Å². The van der Waals surface area contributed by atoms with Crippen molar-refractivity contribution in [1.82, 2.24) is 4.57 Å². The third-order valence-electron chi connectivity index (χ3n) is 6.90. The number of Topliss-reactive ketones (excluding diaryl/α,β-unsaturated/α-hetero) is 1. The molecule has 2 heterocycles. The highest BCUT2D eigenvalue weighted by atomic mass is 19.4. The van der Waals surface area contributed by atoms with E-state index in [1.54, 1.807) is 13.8 Å². The smallest absolute Gasteiger partial charge is 0.416 e. The number of carbonyl (C=O) groups excluding carboxylic acids is 2. The molecule has 1 saturated heterocycles. The summed E-state index contributed by atoms with van der Waals surface area (Å²) in [7, 11) is 0. The van der Waals surface area contributed by atoms with Gasteiger partial charge >= 0.3 is 12.1 Å². The number of carbonyl (C=O) groups is 2. The van der Waals surface area contributed by atoms with Gasteiger partial charge in [-0.15, -0.1) is 0 Å². The SMILES string of the molecule is Cc1cc(C(=O)COC(=O)c2ccc(N3CCCC(C)C3)c([N+](=O)[O-])c2)c(C)n1-c1cccc(C(F)(F)F)c1. The van der Waals surface area contributed by atoms with Gasteiger partial charge in [-0.25, -0.2) is 4.79 Å². The molecule has 0 bridgehead atoms. The number of esters is 1. The molecule has 0 saturated carbocycles. The van der Waals surface area contributed by atoms with Gasteiger partial charge in [-0.2, -0.15) is 13.2 Å². The Bertz CT molecular complexity index is 1430. The maximum Gasteiger partial charge on any atom is 0.416 e.